The molecule has 156 valence electrons. The van der Waals surface area contributed by atoms with Gasteiger partial charge in [0.15, 0.2) is 0 Å². The maximum Gasteiger partial charge on any atom is 0.416 e. The maximum absolute atomic E-state index is 12.9. The number of carbonyl (C=O) groups is 1. The third kappa shape index (κ3) is 4.48. The van der Waals surface area contributed by atoms with E-state index in [0.717, 1.165) is 12.1 Å². The number of aryl methyl sites for hydroxylation is 1. The van der Waals surface area contributed by atoms with Crippen molar-refractivity contribution in [3.05, 3.63) is 86.7 Å². The first-order valence-corrected chi connectivity index (χ1v) is 8.82. The third-order valence-electron chi connectivity index (χ3n) is 4.55. The van der Waals surface area contributed by atoms with Crippen LogP contribution in [0.1, 0.15) is 32.9 Å². The van der Waals surface area contributed by atoms with Crippen LogP contribution in [-0.4, -0.2) is 20.6 Å². The topological polar surface area (TPSA) is 90.1 Å². The first-order valence-electron chi connectivity index (χ1n) is 8.82. The normalized spacial score (nSPS) is 11.4. The standard InChI is InChI=1S/C20H17F3N4O3/c1-12-18(24-19(28)15-6-8-17(9-7-15)27(29)30)13(2)26(25-12)11-14-4-3-5-16(10-14)20(21,22)23/h3-10H,11H2,1-2H3,(H,24,28). The van der Waals surface area contributed by atoms with Crippen molar-refractivity contribution in [3.8, 4) is 0 Å². The first kappa shape index (κ1) is 21.0. The van der Waals surface area contributed by atoms with Gasteiger partial charge in [-0.3, -0.25) is 19.6 Å². The van der Waals surface area contributed by atoms with E-state index in [9.17, 15) is 28.1 Å². The summed E-state index contributed by atoms with van der Waals surface area (Å²) in [6.07, 6.45) is -4.44. The van der Waals surface area contributed by atoms with E-state index in [1.165, 1.54) is 35.0 Å². The molecule has 0 bridgehead atoms. The van der Waals surface area contributed by atoms with Crippen molar-refractivity contribution in [1.29, 1.82) is 0 Å². The van der Waals surface area contributed by atoms with E-state index in [4.69, 9.17) is 0 Å². The number of benzene rings is 2. The monoisotopic (exact) mass is 418 g/mol. The number of nitrogens with zero attached hydrogens (tertiary/aromatic N) is 3. The third-order valence-corrected chi connectivity index (χ3v) is 4.55. The molecule has 0 spiro atoms. The van der Waals surface area contributed by atoms with Crippen LogP contribution in [0.25, 0.3) is 0 Å². The lowest BCUT2D eigenvalue weighted by atomic mass is 10.1. The highest BCUT2D eigenvalue weighted by molar-refractivity contribution is 6.05. The fourth-order valence-electron chi connectivity index (χ4n) is 2.97. The number of nitro groups is 1. The van der Waals surface area contributed by atoms with Gasteiger partial charge < -0.3 is 5.32 Å². The van der Waals surface area contributed by atoms with Crippen LogP contribution in [0, 0.1) is 24.0 Å². The summed E-state index contributed by atoms with van der Waals surface area (Å²) in [6, 6.07) is 10.1. The van der Waals surface area contributed by atoms with E-state index in [1.807, 2.05) is 0 Å². The number of nitrogens with one attached hydrogen (secondary N) is 1. The second-order valence-electron chi connectivity index (χ2n) is 6.66. The van der Waals surface area contributed by atoms with E-state index in [-0.39, 0.29) is 17.8 Å². The largest absolute Gasteiger partial charge is 0.416 e. The second kappa shape index (κ2) is 7.97. The molecule has 0 aliphatic rings. The number of amides is 1. The number of non-ortho nitro benzene ring substituents is 1. The zero-order chi connectivity index (χ0) is 22.1. The minimum absolute atomic E-state index is 0.101. The Hall–Kier alpha value is -3.69. The summed E-state index contributed by atoms with van der Waals surface area (Å²) >= 11 is 0. The number of alkyl halides is 3. The number of anilines is 1. The van der Waals surface area contributed by atoms with Crippen molar-refractivity contribution in [1.82, 2.24) is 9.78 Å². The minimum atomic E-state index is -4.44. The second-order valence-corrected chi connectivity index (χ2v) is 6.66. The maximum atomic E-state index is 12.9. The van der Waals surface area contributed by atoms with Gasteiger partial charge in [-0.15, -0.1) is 0 Å². The van der Waals surface area contributed by atoms with E-state index in [2.05, 4.69) is 10.4 Å². The van der Waals surface area contributed by atoms with Crippen LogP contribution in [0.4, 0.5) is 24.5 Å². The van der Waals surface area contributed by atoms with Crippen LogP contribution in [-0.2, 0) is 12.7 Å². The van der Waals surface area contributed by atoms with Crippen LogP contribution in [0.5, 0.6) is 0 Å². The molecule has 3 rings (SSSR count). The number of aromatic nitrogens is 2. The van der Waals surface area contributed by atoms with Crippen molar-refractivity contribution in [2.75, 3.05) is 5.32 Å². The number of hydrogen-bond donors (Lipinski definition) is 1. The lowest BCUT2D eigenvalue weighted by Crippen LogP contribution is -2.13. The number of hydrogen-bond acceptors (Lipinski definition) is 4. The lowest BCUT2D eigenvalue weighted by molar-refractivity contribution is -0.384. The highest BCUT2D eigenvalue weighted by Crippen LogP contribution is 2.30. The number of carbonyl (C=O) groups excluding carboxylic acids is 1. The van der Waals surface area contributed by atoms with Gasteiger partial charge in [0.1, 0.15) is 0 Å². The highest BCUT2D eigenvalue weighted by Gasteiger charge is 2.30. The molecule has 2 aromatic carbocycles. The van der Waals surface area contributed by atoms with E-state index >= 15 is 0 Å². The molecule has 1 aromatic heterocycles. The zero-order valence-electron chi connectivity index (χ0n) is 16.0. The molecule has 0 atom stereocenters. The molecule has 1 N–H and O–H groups in total. The number of halogens is 3. The fourth-order valence-corrected chi connectivity index (χ4v) is 2.97. The molecule has 0 fully saturated rings. The molecule has 0 unspecified atom stereocenters. The number of rotatable bonds is 5. The zero-order valence-corrected chi connectivity index (χ0v) is 16.0. The Balaban J connectivity index is 1.80. The van der Waals surface area contributed by atoms with Crippen molar-refractivity contribution >= 4 is 17.3 Å². The van der Waals surface area contributed by atoms with Gasteiger partial charge in [-0.25, -0.2) is 0 Å². The summed E-state index contributed by atoms with van der Waals surface area (Å²) in [5.74, 6) is -0.477. The van der Waals surface area contributed by atoms with Gasteiger partial charge >= 0.3 is 6.18 Å². The van der Waals surface area contributed by atoms with Crippen LogP contribution < -0.4 is 5.32 Å². The average Bonchev–Trinajstić information content (AvgIpc) is 2.95. The Morgan fingerprint density at radius 1 is 1.17 bits per heavy atom. The van der Waals surface area contributed by atoms with E-state index in [1.54, 1.807) is 19.9 Å². The fraction of sp³-hybridized carbons (Fsp3) is 0.200. The average molecular weight is 418 g/mol. The van der Waals surface area contributed by atoms with Gasteiger partial charge in [0.05, 0.1) is 34.1 Å². The van der Waals surface area contributed by atoms with Gasteiger partial charge in [-0.2, -0.15) is 18.3 Å². The van der Waals surface area contributed by atoms with Crippen LogP contribution in [0.3, 0.4) is 0 Å². The molecular formula is C20H17F3N4O3. The molecule has 0 aliphatic heterocycles. The summed E-state index contributed by atoms with van der Waals surface area (Å²) in [5.41, 5.74) is 1.27. The Morgan fingerprint density at radius 2 is 1.83 bits per heavy atom. The van der Waals surface area contributed by atoms with Crippen molar-refractivity contribution in [3.63, 3.8) is 0 Å². The molecule has 1 amide bonds. The van der Waals surface area contributed by atoms with Crippen LogP contribution in [0.15, 0.2) is 48.5 Å². The Labute approximate surface area is 169 Å². The Kier molecular flexibility index (Phi) is 5.59. The molecule has 0 saturated heterocycles. The molecule has 0 saturated carbocycles. The van der Waals surface area contributed by atoms with Gasteiger partial charge in [0.2, 0.25) is 0 Å². The SMILES string of the molecule is Cc1nn(Cc2cccc(C(F)(F)F)c2)c(C)c1NC(=O)c1ccc([N+](=O)[O-])cc1. The molecular weight excluding hydrogens is 401 g/mol. The summed E-state index contributed by atoms with van der Waals surface area (Å²) in [7, 11) is 0. The van der Waals surface area contributed by atoms with Crippen molar-refractivity contribution in [2.24, 2.45) is 0 Å². The Bertz CT molecular complexity index is 1110. The van der Waals surface area contributed by atoms with Crippen molar-refractivity contribution < 1.29 is 22.9 Å². The minimum Gasteiger partial charge on any atom is -0.319 e. The van der Waals surface area contributed by atoms with Gasteiger partial charge in [-0.1, -0.05) is 12.1 Å². The molecule has 10 heteroatoms. The summed E-state index contributed by atoms with van der Waals surface area (Å²) < 4.78 is 40.3. The predicted molar refractivity (Wildman–Crippen MR) is 103 cm³/mol. The van der Waals surface area contributed by atoms with Crippen LogP contribution >= 0.6 is 0 Å². The Morgan fingerprint density at radius 3 is 2.43 bits per heavy atom. The quantitative estimate of drug-likeness (QED) is 0.479. The molecule has 0 aliphatic carbocycles. The van der Waals surface area contributed by atoms with E-state index in [0.29, 0.717) is 22.6 Å². The van der Waals surface area contributed by atoms with Crippen molar-refractivity contribution in [2.45, 2.75) is 26.6 Å². The molecule has 0 radical (unpaired) electrons. The molecule has 7 nitrogen and oxygen atoms in total. The van der Waals surface area contributed by atoms with Gasteiger partial charge in [0.25, 0.3) is 11.6 Å². The smallest absolute Gasteiger partial charge is 0.319 e. The van der Waals surface area contributed by atoms with E-state index < -0.39 is 22.6 Å². The summed E-state index contributed by atoms with van der Waals surface area (Å²) in [4.78, 5) is 22.6. The lowest BCUT2D eigenvalue weighted by Gasteiger charge is -2.10. The van der Waals surface area contributed by atoms with Gasteiger partial charge in [-0.05, 0) is 43.7 Å². The summed E-state index contributed by atoms with van der Waals surface area (Å²) in [6.45, 7) is 3.46. The molecule has 1 heterocycles. The first-order chi connectivity index (χ1) is 14.1. The number of nitro benzene ring substituents is 1. The molecule has 30 heavy (non-hydrogen) atoms. The van der Waals surface area contributed by atoms with Gasteiger partial charge in [0, 0.05) is 17.7 Å². The highest BCUT2D eigenvalue weighted by atomic mass is 19.4. The summed E-state index contributed by atoms with van der Waals surface area (Å²) in [5, 5.41) is 17.7. The van der Waals surface area contributed by atoms with Crippen LogP contribution in [0.2, 0.25) is 0 Å². The molecule has 3 aromatic rings. The predicted octanol–water partition coefficient (Wildman–Crippen LogP) is 4.73.